The Kier molecular flexibility index (Phi) is 7.01. The topological polar surface area (TPSA) is 46.6 Å². The van der Waals surface area contributed by atoms with E-state index in [9.17, 15) is 14.0 Å². The number of hydrogen-bond acceptors (Lipinski definition) is 4. The van der Waals surface area contributed by atoms with Crippen LogP contribution in [0, 0.1) is 5.82 Å². The van der Waals surface area contributed by atoms with Crippen LogP contribution in [0.1, 0.15) is 16.7 Å². The molecular weight excluding hydrogens is 520 g/mol. The molecule has 4 aromatic carbocycles. The molecule has 0 saturated carbocycles. The second kappa shape index (κ2) is 10.3. The van der Waals surface area contributed by atoms with Crippen molar-refractivity contribution in [1.29, 1.82) is 0 Å². The lowest BCUT2D eigenvalue weighted by molar-refractivity contribution is -0.123. The van der Waals surface area contributed by atoms with Gasteiger partial charge in [-0.15, -0.1) is 0 Å². The van der Waals surface area contributed by atoms with Crippen molar-refractivity contribution in [2.75, 3.05) is 0 Å². The fourth-order valence-electron chi connectivity index (χ4n) is 3.91. The van der Waals surface area contributed by atoms with Crippen LogP contribution in [0.3, 0.4) is 0 Å². The van der Waals surface area contributed by atoms with E-state index in [1.54, 1.807) is 48.5 Å². The highest BCUT2D eigenvalue weighted by Crippen LogP contribution is 2.38. The number of amides is 2. The summed E-state index contributed by atoms with van der Waals surface area (Å²) in [5, 5.41) is 2.15. The van der Waals surface area contributed by atoms with E-state index in [-0.39, 0.29) is 29.1 Å². The maximum absolute atomic E-state index is 14.1. The minimum Gasteiger partial charge on any atom is -0.488 e. The third-order valence-electron chi connectivity index (χ3n) is 5.75. The first-order chi connectivity index (χ1) is 17.4. The number of nitrogens with zero attached hydrogens (tertiary/aromatic N) is 1. The van der Waals surface area contributed by atoms with Gasteiger partial charge in [0.2, 0.25) is 0 Å². The second-order valence-corrected chi connectivity index (χ2v) is 9.90. The number of carbonyl (C=O) groups excluding carboxylic acids is 2. The van der Waals surface area contributed by atoms with Crippen LogP contribution in [0.4, 0.5) is 9.18 Å². The number of imide groups is 1. The van der Waals surface area contributed by atoms with Crippen molar-refractivity contribution in [1.82, 2.24) is 4.90 Å². The Morgan fingerprint density at radius 1 is 0.917 bits per heavy atom. The van der Waals surface area contributed by atoms with Gasteiger partial charge in [0.15, 0.2) is 0 Å². The molecule has 4 aromatic rings. The molecule has 8 heteroatoms. The van der Waals surface area contributed by atoms with Crippen molar-refractivity contribution in [3.8, 4) is 5.75 Å². The molecule has 2 amide bonds. The van der Waals surface area contributed by atoms with Crippen LogP contribution in [0.2, 0.25) is 10.0 Å². The van der Waals surface area contributed by atoms with Gasteiger partial charge < -0.3 is 4.74 Å². The van der Waals surface area contributed by atoms with Gasteiger partial charge in [0.05, 0.1) is 21.5 Å². The predicted molar refractivity (Wildman–Crippen MR) is 143 cm³/mol. The molecule has 180 valence electrons. The molecular formula is C28H18Cl2FNO3S. The Morgan fingerprint density at radius 2 is 1.69 bits per heavy atom. The monoisotopic (exact) mass is 537 g/mol. The Morgan fingerprint density at radius 3 is 2.50 bits per heavy atom. The molecule has 5 rings (SSSR count). The fraction of sp³-hybridized carbons (Fsp3) is 0.0714. The zero-order valence-electron chi connectivity index (χ0n) is 18.7. The number of halogens is 3. The van der Waals surface area contributed by atoms with Crippen LogP contribution in [-0.4, -0.2) is 16.0 Å². The number of carbonyl (C=O) groups is 2. The second-order valence-electron chi connectivity index (χ2n) is 8.09. The van der Waals surface area contributed by atoms with Crippen LogP contribution in [0.5, 0.6) is 5.75 Å². The summed E-state index contributed by atoms with van der Waals surface area (Å²) >= 11 is 12.9. The van der Waals surface area contributed by atoms with Gasteiger partial charge in [-0.2, -0.15) is 0 Å². The van der Waals surface area contributed by atoms with E-state index < -0.39 is 5.91 Å². The average molecular weight is 538 g/mol. The Labute approximate surface area is 221 Å². The quantitative estimate of drug-likeness (QED) is 0.233. The summed E-state index contributed by atoms with van der Waals surface area (Å²) in [6.07, 6.45) is 1.67. The Bertz CT molecular complexity index is 1540. The van der Waals surface area contributed by atoms with Gasteiger partial charge in [-0.25, -0.2) is 4.39 Å². The fourth-order valence-corrected chi connectivity index (χ4v) is 5.05. The van der Waals surface area contributed by atoms with Crippen molar-refractivity contribution in [2.45, 2.75) is 13.2 Å². The van der Waals surface area contributed by atoms with Crippen LogP contribution in [-0.2, 0) is 17.9 Å². The van der Waals surface area contributed by atoms with Crippen molar-refractivity contribution in [2.24, 2.45) is 0 Å². The molecule has 1 saturated heterocycles. The number of benzene rings is 4. The molecule has 4 nitrogen and oxygen atoms in total. The van der Waals surface area contributed by atoms with Crippen molar-refractivity contribution in [3.63, 3.8) is 0 Å². The molecule has 0 spiro atoms. The average Bonchev–Trinajstić information content (AvgIpc) is 3.14. The van der Waals surface area contributed by atoms with Crippen molar-refractivity contribution >= 4 is 63.0 Å². The molecule has 0 bridgehead atoms. The lowest BCUT2D eigenvalue weighted by atomic mass is 10.0. The zero-order chi connectivity index (χ0) is 25.2. The van der Waals surface area contributed by atoms with E-state index in [2.05, 4.69) is 0 Å². The maximum Gasteiger partial charge on any atom is 0.293 e. The summed E-state index contributed by atoms with van der Waals surface area (Å²) in [6.45, 7) is 0.0930. The maximum atomic E-state index is 14.1. The number of hydrogen-bond donors (Lipinski definition) is 0. The van der Waals surface area contributed by atoms with Crippen LogP contribution < -0.4 is 4.74 Å². The normalized spacial score (nSPS) is 14.8. The number of ether oxygens (including phenoxy) is 1. The number of thioether (sulfide) groups is 1. The Hall–Kier alpha value is -3.32. The minimum absolute atomic E-state index is 0.0185. The number of fused-ring (bicyclic) bond motifs is 1. The summed E-state index contributed by atoms with van der Waals surface area (Å²) in [6, 6.07) is 22.7. The molecule has 0 N–H and O–H groups in total. The van der Waals surface area contributed by atoms with E-state index in [1.807, 2.05) is 30.3 Å². The summed E-state index contributed by atoms with van der Waals surface area (Å²) in [5.74, 6) is -0.291. The van der Waals surface area contributed by atoms with Crippen molar-refractivity contribution in [3.05, 3.63) is 116 Å². The third kappa shape index (κ3) is 4.98. The van der Waals surface area contributed by atoms with E-state index in [0.29, 0.717) is 32.5 Å². The van der Waals surface area contributed by atoms with Gasteiger partial charge in [-0.1, -0.05) is 77.8 Å². The van der Waals surface area contributed by atoms with Gasteiger partial charge in [0.1, 0.15) is 18.2 Å². The summed E-state index contributed by atoms with van der Waals surface area (Å²) in [7, 11) is 0. The van der Waals surface area contributed by atoms with Crippen LogP contribution >= 0.6 is 35.0 Å². The molecule has 0 atom stereocenters. The smallest absolute Gasteiger partial charge is 0.293 e. The molecule has 1 aliphatic rings. The van der Waals surface area contributed by atoms with Gasteiger partial charge in [-0.3, -0.25) is 14.5 Å². The van der Waals surface area contributed by atoms with E-state index in [4.69, 9.17) is 27.9 Å². The standard InChI is InChI=1S/C28H18Cl2FNO3S/c29-22-11-9-17(13-23(22)30)15-32-27(33)26(36-28(32)34)14-21-20-7-3-1-5-18(20)10-12-25(21)35-16-19-6-2-4-8-24(19)31/h1-14H,15-16H2/b26-14-. The first-order valence-electron chi connectivity index (χ1n) is 11.0. The van der Waals surface area contributed by atoms with Gasteiger partial charge in [0.25, 0.3) is 11.1 Å². The molecule has 0 aliphatic carbocycles. The highest BCUT2D eigenvalue weighted by molar-refractivity contribution is 8.18. The molecule has 0 aromatic heterocycles. The van der Waals surface area contributed by atoms with Gasteiger partial charge >= 0.3 is 0 Å². The molecule has 0 radical (unpaired) electrons. The molecule has 0 unspecified atom stereocenters. The van der Waals surface area contributed by atoms with E-state index in [0.717, 1.165) is 22.5 Å². The summed E-state index contributed by atoms with van der Waals surface area (Å²) in [5.41, 5.74) is 1.75. The first kappa shape index (κ1) is 24.4. The van der Waals surface area contributed by atoms with Gasteiger partial charge in [-0.05, 0) is 58.4 Å². The third-order valence-corrected chi connectivity index (χ3v) is 7.39. The molecule has 1 heterocycles. The van der Waals surface area contributed by atoms with Crippen molar-refractivity contribution < 1.29 is 18.7 Å². The zero-order valence-corrected chi connectivity index (χ0v) is 21.0. The molecule has 36 heavy (non-hydrogen) atoms. The molecule has 1 fully saturated rings. The van der Waals surface area contributed by atoms with Crippen LogP contribution in [0.25, 0.3) is 16.8 Å². The van der Waals surface area contributed by atoms with Gasteiger partial charge in [0, 0.05) is 11.1 Å². The largest absolute Gasteiger partial charge is 0.488 e. The Balaban J connectivity index is 1.48. The summed E-state index contributed by atoms with van der Waals surface area (Å²) < 4.78 is 20.1. The lowest BCUT2D eigenvalue weighted by Gasteiger charge is -2.14. The lowest BCUT2D eigenvalue weighted by Crippen LogP contribution is -2.27. The molecule has 1 aliphatic heterocycles. The minimum atomic E-state index is -0.413. The van der Waals surface area contributed by atoms with E-state index >= 15 is 0 Å². The highest BCUT2D eigenvalue weighted by atomic mass is 35.5. The SMILES string of the molecule is O=C1S/C(=C\c2c(OCc3ccccc3F)ccc3ccccc23)C(=O)N1Cc1ccc(Cl)c(Cl)c1. The number of rotatable bonds is 6. The highest BCUT2D eigenvalue weighted by Gasteiger charge is 2.35. The van der Waals surface area contributed by atoms with E-state index in [1.165, 1.54) is 11.0 Å². The predicted octanol–water partition coefficient (Wildman–Crippen LogP) is 8.10. The summed E-state index contributed by atoms with van der Waals surface area (Å²) in [4.78, 5) is 27.4. The van der Waals surface area contributed by atoms with Crippen LogP contribution in [0.15, 0.2) is 83.8 Å². The first-order valence-corrected chi connectivity index (χ1v) is 12.5.